The van der Waals surface area contributed by atoms with E-state index in [1.165, 1.54) is 25.9 Å². The molecule has 0 fully saturated rings. The number of hydrogen-bond donors (Lipinski definition) is 0. The average molecular weight is 163 g/mol. The van der Waals surface area contributed by atoms with Crippen molar-refractivity contribution in [1.82, 2.24) is 4.90 Å². The summed E-state index contributed by atoms with van der Waals surface area (Å²) < 4.78 is 0. The van der Waals surface area contributed by atoms with Gasteiger partial charge in [0.15, 0.2) is 0 Å². The Hall–Kier alpha value is -0.560. The first kappa shape index (κ1) is 8.06. The van der Waals surface area contributed by atoms with Crippen LogP contribution in [0.3, 0.4) is 0 Å². The van der Waals surface area contributed by atoms with Crippen molar-refractivity contribution < 1.29 is 0 Å². The molecule has 0 aromatic heterocycles. The summed E-state index contributed by atoms with van der Waals surface area (Å²) in [6, 6.07) is 0.708. The Labute approximate surface area is 74.8 Å². The van der Waals surface area contributed by atoms with Gasteiger partial charge in [0.2, 0.25) is 0 Å². The van der Waals surface area contributed by atoms with Gasteiger partial charge in [-0.15, -0.1) is 0 Å². The molecule has 1 aliphatic carbocycles. The third kappa shape index (κ3) is 1.34. The molecule has 12 heavy (non-hydrogen) atoms. The van der Waals surface area contributed by atoms with Gasteiger partial charge in [-0.1, -0.05) is 12.2 Å². The van der Waals surface area contributed by atoms with Crippen molar-refractivity contribution in [3.05, 3.63) is 23.3 Å². The summed E-state index contributed by atoms with van der Waals surface area (Å²) >= 11 is 0. The largest absolute Gasteiger partial charge is 0.297 e. The van der Waals surface area contributed by atoms with Crippen LogP contribution < -0.4 is 0 Å². The second kappa shape index (κ2) is 3.06. The molecule has 0 bridgehead atoms. The molecule has 0 aromatic rings. The minimum atomic E-state index is 0.708. The minimum Gasteiger partial charge on any atom is -0.297 e. The Balaban J connectivity index is 2.06. The third-order valence-corrected chi connectivity index (χ3v) is 2.93. The molecule has 0 spiro atoms. The lowest BCUT2D eigenvalue weighted by molar-refractivity contribution is 0.232. The Morgan fingerprint density at radius 1 is 1.42 bits per heavy atom. The third-order valence-electron chi connectivity index (χ3n) is 2.93. The van der Waals surface area contributed by atoms with Crippen LogP contribution in [-0.4, -0.2) is 24.0 Å². The lowest BCUT2D eigenvalue weighted by Crippen LogP contribution is -2.36. The second-order valence-corrected chi connectivity index (χ2v) is 4.05. The van der Waals surface area contributed by atoms with Gasteiger partial charge in [-0.3, -0.25) is 4.90 Å². The zero-order valence-corrected chi connectivity index (χ0v) is 8.01. The van der Waals surface area contributed by atoms with Crippen LogP contribution in [0.5, 0.6) is 0 Å². The maximum absolute atomic E-state index is 2.56. The first-order chi connectivity index (χ1) is 5.77. The van der Waals surface area contributed by atoms with E-state index in [0.29, 0.717) is 6.04 Å². The van der Waals surface area contributed by atoms with E-state index in [-0.39, 0.29) is 0 Å². The van der Waals surface area contributed by atoms with E-state index < -0.39 is 0 Å². The molecule has 0 amide bonds. The van der Waals surface area contributed by atoms with E-state index in [1.807, 2.05) is 0 Å². The van der Waals surface area contributed by atoms with E-state index >= 15 is 0 Å². The first-order valence-electron chi connectivity index (χ1n) is 4.89. The fourth-order valence-electron chi connectivity index (χ4n) is 2.05. The maximum atomic E-state index is 2.56. The highest BCUT2D eigenvalue weighted by Gasteiger charge is 2.20. The zero-order valence-electron chi connectivity index (χ0n) is 8.01. The molecule has 1 nitrogen and oxygen atoms in total. The maximum Gasteiger partial charge on any atom is 0.0204 e. The normalized spacial score (nSPS) is 23.9. The Bertz CT molecular complexity index is 235. The van der Waals surface area contributed by atoms with Gasteiger partial charge in [0.05, 0.1) is 0 Å². The molecule has 1 heterocycles. The van der Waals surface area contributed by atoms with Crippen LogP contribution in [0.1, 0.15) is 26.7 Å². The summed E-state index contributed by atoms with van der Waals surface area (Å²) in [5, 5.41) is 0. The van der Waals surface area contributed by atoms with E-state index in [4.69, 9.17) is 0 Å². The summed E-state index contributed by atoms with van der Waals surface area (Å²) in [6.45, 7) is 7.03. The van der Waals surface area contributed by atoms with Crippen LogP contribution in [0.25, 0.3) is 0 Å². The van der Waals surface area contributed by atoms with E-state index in [9.17, 15) is 0 Å². The lowest BCUT2D eigenvalue weighted by Gasteiger charge is -2.31. The quantitative estimate of drug-likeness (QED) is 0.573. The number of rotatable bonds is 1. The van der Waals surface area contributed by atoms with Crippen molar-refractivity contribution in [1.29, 1.82) is 0 Å². The molecular formula is C11H17N. The number of allylic oxidation sites excluding steroid dienone is 2. The van der Waals surface area contributed by atoms with Crippen molar-refractivity contribution in [3.8, 4) is 0 Å². The summed E-state index contributed by atoms with van der Waals surface area (Å²) in [6.07, 6.45) is 7.09. The highest BCUT2D eigenvalue weighted by Crippen LogP contribution is 2.27. The predicted molar refractivity (Wildman–Crippen MR) is 52.1 cm³/mol. The summed E-state index contributed by atoms with van der Waals surface area (Å²) in [5.74, 6) is 0. The van der Waals surface area contributed by atoms with Crippen LogP contribution >= 0.6 is 0 Å². The first-order valence-corrected chi connectivity index (χ1v) is 4.89. The molecule has 66 valence electrons. The Morgan fingerprint density at radius 2 is 2.25 bits per heavy atom. The molecule has 0 atom stereocenters. The lowest BCUT2D eigenvalue weighted by atomic mass is 10.0. The Kier molecular flexibility index (Phi) is 2.05. The van der Waals surface area contributed by atoms with Gasteiger partial charge >= 0.3 is 0 Å². The van der Waals surface area contributed by atoms with Crippen LogP contribution in [0.4, 0.5) is 0 Å². The fourth-order valence-corrected chi connectivity index (χ4v) is 2.05. The highest BCUT2D eigenvalue weighted by atomic mass is 15.1. The molecule has 0 saturated heterocycles. The van der Waals surface area contributed by atoms with Crippen molar-refractivity contribution in [2.75, 3.05) is 13.1 Å². The van der Waals surface area contributed by atoms with Crippen LogP contribution in [0.2, 0.25) is 0 Å². The SMILES string of the molecule is CC(C)N1CCC2=C(CC=C2)C1. The Morgan fingerprint density at radius 3 is 3.00 bits per heavy atom. The van der Waals surface area contributed by atoms with E-state index in [2.05, 4.69) is 30.9 Å². The molecule has 2 rings (SSSR count). The van der Waals surface area contributed by atoms with Gasteiger partial charge in [0, 0.05) is 19.1 Å². The average Bonchev–Trinajstić information content (AvgIpc) is 2.49. The molecule has 0 aromatic carbocycles. The summed E-state index contributed by atoms with van der Waals surface area (Å²) in [7, 11) is 0. The standard InChI is InChI=1S/C11H17N/c1-9(2)12-7-6-10-4-3-5-11(10)8-12/h3-4,9H,5-8H2,1-2H3. The van der Waals surface area contributed by atoms with Crippen LogP contribution in [0, 0.1) is 0 Å². The highest BCUT2D eigenvalue weighted by molar-refractivity contribution is 5.36. The van der Waals surface area contributed by atoms with Gasteiger partial charge in [0.1, 0.15) is 0 Å². The number of nitrogens with zero attached hydrogens (tertiary/aromatic N) is 1. The molecule has 1 heteroatoms. The molecule has 0 unspecified atom stereocenters. The van der Waals surface area contributed by atoms with Crippen molar-refractivity contribution in [2.24, 2.45) is 0 Å². The fraction of sp³-hybridized carbons (Fsp3) is 0.636. The molecule has 0 saturated carbocycles. The summed E-state index contributed by atoms with van der Waals surface area (Å²) in [5.41, 5.74) is 3.28. The topological polar surface area (TPSA) is 3.24 Å². The molecule has 0 N–H and O–H groups in total. The van der Waals surface area contributed by atoms with Gasteiger partial charge < -0.3 is 0 Å². The monoisotopic (exact) mass is 163 g/mol. The zero-order chi connectivity index (χ0) is 8.55. The van der Waals surface area contributed by atoms with E-state index in [1.54, 1.807) is 11.1 Å². The van der Waals surface area contributed by atoms with Crippen LogP contribution in [0.15, 0.2) is 23.3 Å². The second-order valence-electron chi connectivity index (χ2n) is 4.05. The molecule has 0 radical (unpaired) electrons. The van der Waals surface area contributed by atoms with Gasteiger partial charge in [-0.05, 0) is 37.8 Å². The van der Waals surface area contributed by atoms with Gasteiger partial charge in [-0.2, -0.15) is 0 Å². The number of hydrogen-bond acceptors (Lipinski definition) is 1. The molecular weight excluding hydrogens is 146 g/mol. The predicted octanol–water partition coefficient (Wildman–Crippen LogP) is 2.36. The minimum absolute atomic E-state index is 0.708. The van der Waals surface area contributed by atoms with Crippen LogP contribution in [-0.2, 0) is 0 Å². The van der Waals surface area contributed by atoms with Gasteiger partial charge in [-0.25, -0.2) is 0 Å². The van der Waals surface area contributed by atoms with Gasteiger partial charge in [0.25, 0.3) is 0 Å². The smallest absolute Gasteiger partial charge is 0.0204 e. The molecule has 2 aliphatic rings. The van der Waals surface area contributed by atoms with E-state index in [0.717, 1.165) is 0 Å². The van der Waals surface area contributed by atoms with Crippen molar-refractivity contribution in [2.45, 2.75) is 32.7 Å². The van der Waals surface area contributed by atoms with Crippen molar-refractivity contribution >= 4 is 0 Å². The molecule has 1 aliphatic heterocycles. The van der Waals surface area contributed by atoms with Crippen molar-refractivity contribution in [3.63, 3.8) is 0 Å². The summed E-state index contributed by atoms with van der Waals surface area (Å²) in [4.78, 5) is 2.56.